The first-order valence-electron chi connectivity index (χ1n) is 6.56. The van der Waals surface area contributed by atoms with Gasteiger partial charge >= 0.3 is 6.03 Å². The van der Waals surface area contributed by atoms with Crippen molar-refractivity contribution in [2.45, 2.75) is 12.5 Å². The highest BCUT2D eigenvalue weighted by Crippen LogP contribution is 2.20. The summed E-state index contributed by atoms with van der Waals surface area (Å²) in [5.74, 6) is -0.897. The van der Waals surface area contributed by atoms with Gasteiger partial charge in [-0.25, -0.2) is 9.18 Å². The molecule has 0 saturated carbocycles. The number of pyridine rings is 1. The minimum atomic E-state index is -0.847. The number of primary amides is 1. The van der Waals surface area contributed by atoms with Gasteiger partial charge in [0.25, 0.3) is 0 Å². The molecule has 0 bridgehead atoms. The summed E-state index contributed by atoms with van der Waals surface area (Å²) in [7, 11) is 0. The van der Waals surface area contributed by atoms with Crippen molar-refractivity contribution in [2.24, 2.45) is 5.73 Å². The molecule has 1 heterocycles. The number of nitrogens with one attached hydrogen (secondary N) is 2. The summed E-state index contributed by atoms with van der Waals surface area (Å²) in [5.41, 5.74) is 5.86. The summed E-state index contributed by atoms with van der Waals surface area (Å²) in [4.78, 5) is 27.0. The van der Waals surface area contributed by atoms with Crippen molar-refractivity contribution in [1.29, 1.82) is 0 Å². The number of nitrogens with two attached hydrogens (primary N) is 1. The Bertz CT molecular complexity index is 664. The molecule has 2 rings (SSSR count). The molecule has 6 nitrogen and oxygen atoms in total. The number of urea groups is 1. The highest BCUT2D eigenvalue weighted by atomic mass is 19.1. The number of hydrogen-bond acceptors (Lipinski definition) is 3. The van der Waals surface area contributed by atoms with Gasteiger partial charge in [0.05, 0.1) is 12.5 Å². The zero-order chi connectivity index (χ0) is 15.9. The largest absolute Gasteiger partial charge is 0.352 e. The lowest BCUT2D eigenvalue weighted by molar-refractivity contribution is -0.116. The van der Waals surface area contributed by atoms with Crippen molar-refractivity contribution in [3.8, 4) is 0 Å². The van der Waals surface area contributed by atoms with Crippen LogP contribution in [0.3, 0.4) is 0 Å². The zero-order valence-corrected chi connectivity index (χ0v) is 11.6. The van der Waals surface area contributed by atoms with Crippen LogP contribution < -0.4 is 16.4 Å². The molecule has 0 saturated heterocycles. The Morgan fingerprint density at radius 1 is 1.18 bits per heavy atom. The average molecular weight is 302 g/mol. The summed E-state index contributed by atoms with van der Waals surface area (Å²) in [5, 5.41) is 5.02. The van der Waals surface area contributed by atoms with Crippen LogP contribution in [0.1, 0.15) is 18.0 Å². The topological polar surface area (TPSA) is 97.1 Å². The Balaban J connectivity index is 2.11. The van der Waals surface area contributed by atoms with Gasteiger partial charge in [0, 0.05) is 23.6 Å². The summed E-state index contributed by atoms with van der Waals surface area (Å²) < 4.78 is 13.8. The molecule has 1 atom stereocenters. The van der Waals surface area contributed by atoms with Gasteiger partial charge in [-0.15, -0.1) is 0 Å². The molecule has 0 aliphatic carbocycles. The van der Waals surface area contributed by atoms with Crippen molar-refractivity contribution in [1.82, 2.24) is 10.3 Å². The number of anilines is 1. The second kappa shape index (κ2) is 7.16. The van der Waals surface area contributed by atoms with E-state index in [1.165, 1.54) is 30.6 Å². The molecule has 7 heteroatoms. The Hall–Kier alpha value is -2.96. The average Bonchev–Trinajstić information content (AvgIpc) is 2.47. The van der Waals surface area contributed by atoms with Crippen LogP contribution in [0.15, 0.2) is 48.8 Å². The molecular formula is C15H15FN4O2. The van der Waals surface area contributed by atoms with E-state index in [0.717, 1.165) is 0 Å². The lowest BCUT2D eigenvalue weighted by Crippen LogP contribution is -2.35. The van der Waals surface area contributed by atoms with Gasteiger partial charge in [-0.1, -0.05) is 18.2 Å². The predicted octanol–water partition coefficient (Wildman–Crippen LogP) is 1.96. The van der Waals surface area contributed by atoms with Crippen LogP contribution in [-0.4, -0.2) is 16.9 Å². The van der Waals surface area contributed by atoms with Gasteiger partial charge in [-0.2, -0.15) is 0 Å². The van der Waals surface area contributed by atoms with Gasteiger partial charge in [0.1, 0.15) is 5.82 Å². The first kappa shape index (κ1) is 15.4. The fourth-order valence-corrected chi connectivity index (χ4v) is 2.00. The van der Waals surface area contributed by atoms with Gasteiger partial charge < -0.3 is 16.4 Å². The maximum absolute atomic E-state index is 13.8. The van der Waals surface area contributed by atoms with Crippen LogP contribution in [0.25, 0.3) is 0 Å². The zero-order valence-electron chi connectivity index (χ0n) is 11.6. The number of carbonyl (C=O) groups is 2. The summed E-state index contributed by atoms with van der Waals surface area (Å²) in [6.07, 6.45) is 2.92. The minimum absolute atomic E-state index is 0.147. The van der Waals surface area contributed by atoms with E-state index in [0.29, 0.717) is 5.69 Å². The standard InChI is InChI=1S/C15H15FN4O2/c16-12-4-2-1-3-11(12)13(20-15(17)22)9-14(21)19-10-5-7-18-8-6-10/h1-8,13H,9H2,(H3,17,20,22)(H,18,19,21). The molecule has 0 fully saturated rings. The summed E-state index contributed by atoms with van der Waals surface area (Å²) >= 11 is 0. The van der Waals surface area contributed by atoms with Crippen LogP contribution in [0.4, 0.5) is 14.9 Å². The van der Waals surface area contributed by atoms with Gasteiger partial charge in [-0.3, -0.25) is 9.78 Å². The monoisotopic (exact) mass is 302 g/mol. The fourth-order valence-electron chi connectivity index (χ4n) is 2.00. The van der Waals surface area contributed by atoms with Crippen molar-refractivity contribution >= 4 is 17.6 Å². The van der Waals surface area contributed by atoms with Gasteiger partial charge in [0.15, 0.2) is 0 Å². The van der Waals surface area contributed by atoms with E-state index in [4.69, 9.17) is 5.73 Å². The number of rotatable bonds is 5. The van der Waals surface area contributed by atoms with Crippen molar-refractivity contribution < 1.29 is 14.0 Å². The maximum atomic E-state index is 13.8. The second-order valence-electron chi connectivity index (χ2n) is 4.57. The smallest absolute Gasteiger partial charge is 0.312 e. The van der Waals surface area contributed by atoms with E-state index in [9.17, 15) is 14.0 Å². The molecule has 1 unspecified atom stereocenters. The highest BCUT2D eigenvalue weighted by molar-refractivity contribution is 5.91. The number of carbonyl (C=O) groups excluding carboxylic acids is 2. The summed E-state index contributed by atoms with van der Waals surface area (Å²) in [6.45, 7) is 0. The normalized spacial score (nSPS) is 11.5. The van der Waals surface area contributed by atoms with Crippen LogP contribution >= 0.6 is 0 Å². The van der Waals surface area contributed by atoms with E-state index < -0.39 is 17.9 Å². The molecule has 1 aromatic heterocycles. The van der Waals surface area contributed by atoms with Crippen molar-refractivity contribution in [2.75, 3.05) is 5.32 Å². The van der Waals surface area contributed by atoms with E-state index in [-0.39, 0.29) is 17.9 Å². The minimum Gasteiger partial charge on any atom is -0.352 e. The fraction of sp³-hybridized carbons (Fsp3) is 0.133. The number of aromatic nitrogens is 1. The van der Waals surface area contributed by atoms with E-state index in [1.807, 2.05) is 0 Å². The molecule has 2 aromatic rings. The van der Waals surface area contributed by atoms with E-state index >= 15 is 0 Å². The third-order valence-electron chi connectivity index (χ3n) is 2.95. The molecule has 0 spiro atoms. The summed E-state index contributed by atoms with van der Waals surface area (Å²) in [6, 6.07) is 7.47. The molecule has 1 aromatic carbocycles. The number of benzene rings is 1. The first-order valence-corrected chi connectivity index (χ1v) is 6.56. The van der Waals surface area contributed by atoms with Gasteiger partial charge in [0.2, 0.25) is 5.91 Å². The van der Waals surface area contributed by atoms with E-state index in [1.54, 1.807) is 18.2 Å². The van der Waals surface area contributed by atoms with Crippen molar-refractivity contribution in [3.05, 3.63) is 60.2 Å². The van der Waals surface area contributed by atoms with Crippen molar-refractivity contribution in [3.63, 3.8) is 0 Å². The maximum Gasteiger partial charge on any atom is 0.312 e. The highest BCUT2D eigenvalue weighted by Gasteiger charge is 2.20. The van der Waals surface area contributed by atoms with E-state index in [2.05, 4.69) is 15.6 Å². The van der Waals surface area contributed by atoms with Crippen LogP contribution in [0.5, 0.6) is 0 Å². The molecule has 0 aliphatic heterocycles. The molecule has 4 N–H and O–H groups in total. The van der Waals surface area contributed by atoms with Crippen LogP contribution in [0, 0.1) is 5.82 Å². The Kier molecular flexibility index (Phi) is 5.02. The molecule has 0 radical (unpaired) electrons. The quantitative estimate of drug-likeness (QED) is 0.787. The molecule has 114 valence electrons. The third kappa shape index (κ3) is 4.27. The Morgan fingerprint density at radius 2 is 1.86 bits per heavy atom. The number of halogens is 1. The Labute approximate surface area is 126 Å². The molecule has 22 heavy (non-hydrogen) atoms. The molecule has 0 aliphatic rings. The van der Waals surface area contributed by atoms with Crippen LogP contribution in [0.2, 0.25) is 0 Å². The lowest BCUT2D eigenvalue weighted by Gasteiger charge is -2.18. The number of amides is 3. The molecular weight excluding hydrogens is 287 g/mol. The third-order valence-corrected chi connectivity index (χ3v) is 2.95. The predicted molar refractivity (Wildman–Crippen MR) is 79.3 cm³/mol. The first-order chi connectivity index (χ1) is 10.6. The number of nitrogens with zero attached hydrogens (tertiary/aromatic N) is 1. The SMILES string of the molecule is NC(=O)NC(CC(=O)Nc1ccncc1)c1ccccc1F. The van der Waals surface area contributed by atoms with Gasteiger partial charge in [-0.05, 0) is 18.2 Å². The number of hydrogen-bond donors (Lipinski definition) is 3. The lowest BCUT2D eigenvalue weighted by atomic mass is 10.0. The Morgan fingerprint density at radius 3 is 2.50 bits per heavy atom. The van der Waals surface area contributed by atoms with Crippen LogP contribution in [-0.2, 0) is 4.79 Å². The molecule has 3 amide bonds. The second-order valence-corrected chi connectivity index (χ2v) is 4.57.